The highest BCUT2D eigenvalue weighted by Gasteiger charge is 2.26. The zero-order valence-electron chi connectivity index (χ0n) is 17.6. The van der Waals surface area contributed by atoms with E-state index < -0.39 is 5.97 Å². The molecule has 6 nitrogen and oxygen atoms in total. The number of anilines is 1. The molecule has 0 aliphatic heterocycles. The van der Waals surface area contributed by atoms with Crippen LogP contribution in [0.2, 0.25) is 0 Å². The van der Waals surface area contributed by atoms with Crippen LogP contribution in [0.5, 0.6) is 11.6 Å². The SMILES string of the molecule is COc1ccccc1-c1nn(-c2cccc(C)c2)c(OC(C)=O)c1-c1ccc(N)cc1. The lowest BCUT2D eigenvalue weighted by Gasteiger charge is -2.10. The fraction of sp³-hybridized carbons (Fsp3) is 0.120. The lowest BCUT2D eigenvalue weighted by atomic mass is 10.0. The molecule has 4 rings (SSSR count). The number of carbonyl (C=O) groups excluding carboxylic acids is 1. The van der Waals surface area contributed by atoms with Gasteiger partial charge in [0.1, 0.15) is 11.4 Å². The van der Waals surface area contributed by atoms with Crippen molar-refractivity contribution in [1.29, 1.82) is 0 Å². The summed E-state index contributed by atoms with van der Waals surface area (Å²) in [5.74, 6) is 0.573. The molecule has 0 saturated heterocycles. The first-order chi connectivity index (χ1) is 15.0. The second-order valence-corrected chi connectivity index (χ2v) is 7.20. The highest BCUT2D eigenvalue weighted by molar-refractivity contribution is 5.89. The van der Waals surface area contributed by atoms with Gasteiger partial charge in [-0.3, -0.25) is 4.79 Å². The quantitative estimate of drug-likeness (QED) is 0.367. The van der Waals surface area contributed by atoms with Crippen molar-refractivity contribution in [3.05, 3.63) is 78.4 Å². The number of aromatic nitrogens is 2. The Bertz CT molecular complexity index is 1240. The van der Waals surface area contributed by atoms with E-state index in [9.17, 15) is 4.79 Å². The maximum Gasteiger partial charge on any atom is 0.309 e. The first-order valence-electron chi connectivity index (χ1n) is 9.85. The molecule has 0 saturated carbocycles. The van der Waals surface area contributed by atoms with E-state index >= 15 is 0 Å². The minimum absolute atomic E-state index is 0.337. The van der Waals surface area contributed by atoms with Gasteiger partial charge in [-0.25, -0.2) is 0 Å². The van der Waals surface area contributed by atoms with Crippen molar-refractivity contribution in [1.82, 2.24) is 9.78 Å². The molecule has 31 heavy (non-hydrogen) atoms. The molecule has 0 bridgehead atoms. The number of rotatable bonds is 5. The van der Waals surface area contributed by atoms with Crippen LogP contribution in [-0.2, 0) is 4.79 Å². The molecule has 6 heteroatoms. The number of methoxy groups -OCH3 is 1. The fourth-order valence-electron chi connectivity index (χ4n) is 3.51. The van der Waals surface area contributed by atoms with E-state index in [2.05, 4.69) is 0 Å². The molecule has 0 radical (unpaired) electrons. The van der Waals surface area contributed by atoms with Crippen LogP contribution in [0.1, 0.15) is 12.5 Å². The summed E-state index contributed by atoms with van der Waals surface area (Å²) in [7, 11) is 1.62. The molecule has 3 aromatic carbocycles. The highest BCUT2D eigenvalue weighted by atomic mass is 16.5. The van der Waals surface area contributed by atoms with Crippen molar-refractivity contribution < 1.29 is 14.3 Å². The summed E-state index contributed by atoms with van der Waals surface area (Å²) < 4.78 is 13.0. The number of nitrogens with two attached hydrogens (primary N) is 1. The van der Waals surface area contributed by atoms with E-state index in [1.165, 1.54) is 6.92 Å². The number of hydrogen-bond donors (Lipinski definition) is 1. The molecular weight excluding hydrogens is 390 g/mol. The topological polar surface area (TPSA) is 79.4 Å². The van der Waals surface area contributed by atoms with Crippen LogP contribution in [0.15, 0.2) is 72.8 Å². The van der Waals surface area contributed by atoms with E-state index in [-0.39, 0.29) is 0 Å². The minimum Gasteiger partial charge on any atom is -0.496 e. The zero-order valence-corrected chi connectivity index (χ0v) is 17.6. The number of nitrogens with zero attached hydrogens (tertiary/aromatic N) is 2. The van der Waals surface area contributed by atoms with Crippen molar-refractivity contribution in [2.75, 3.05) is 12.8 Å². The normalized spacial score (nSPS) is 10.7. The standard InChI is InChI=1S/C25H23N3O3/c1-16-7-6-8-20(15-16)28-25(31-17(2)29)23(18-11-13-19(26)14-12-18)24(27-28)21-9-4-5-10-22(21)30-3/h4-15H,26H2,1-3H3. The van der Waals surface area contributed by atoms with Gasteiger partial charge in [-0.2, -0.15) is 9.78 Å². The number of esters is 1. The molecule has 0 atom stereocenters. The van der Waals surface area contributed by atoms with E-state index in [1.807, 2.05) is 79.7 Å². The number of para-hydroxylation sites is 1. The number of carbonyl (C=O) groups is 1. The molecule has 0 aliphatic carbocycles. The molecular formula is C25H23N3O3. The van der Waals surface area contributed by atoms with Crippen molar-refractivity contribution in [2.24, 2.45) is 0 Å². The maximum absolute atomic E-state index is 12.1. The number of aryl methyl sites for hydroxylation is 1. The molecule has 0 aliphatic rings. The Morgan fingerprint density at radius 3 is 2.42 bits per heavy atom. The lowest BCUT2D eigenvalue weighted by molar-refractivity contribution is -0.132. The molecule has 0 amide bonds. The van der Waals surface area contributed by atoms with E-state index in [0.717, 1.165) is 22.4 Å². The Balaban J connectivity index is 2.08. The van der Waals surface area contributed by atoms with Gasteiger partial charge in [-0.1, -0.05) is 36.4 Å². The second kappa shape index (κ2) is 8.36. The third-order valence-electron chi connectivity index (χ3n) is 4.89. The van der Waals surface area contributed by atoms with Crippen LogP contribution in [0.4, 0.5) is 5.69 Å². The lowest BCUT2D eigenvalue weighted by Crippen LogP contribution is -2.08. The monoisotopic (exact) mass is 413 g/mol. The fourth-order valence-corrected chi connectivity index (χ4v) is 3.51. The molecule has 0 spiro atoms. The Morgan fingerprint density at radius 2 is 1.74 bits per heavy atom. The van der Waals surface area contributed by atoms with Gasteiger partial charge in [0.25, 0.3) is 0 Å². The third kappa shape index (κ3) is 4.00. The molecule has 1 heterocycles. The van der Waals surface area contributed by atoms with Crippen LogP contribution < -0.4 is 15.2 Å². The Morgan fingerprint density at radius 1 is 1.00 bits per heavy atom. The van der Waals surface area contributed by atoms with Crippen LogP contribution in [-0.4, -0.2) is 22.9 Å². The largest absolute Gasteiger partial charge is 0.496 e. The average Bonchev–Trinajstić information content (AvgIpc) is 3.12. The summed E-state index contributed by atoms with van der Waals surface area (Å²) in [5.41, 5.74) is 11.3. The average molecular weight is 413 g/mol. The van der Waals surface area contributed by atoms with Crippen LogP contribution in [0.3, 0.4) is 0 Å². The van der Waals surface area contributed by atoms with Gasteiger partial charge in [-0.15, -0.1) is 0 Å². The molecule has 2 N–H and O–H groups in total. The zero-order chi connectivity index (χ0) is 22.0. The smallest absolute Gasteiger partial charge is 0.309 e. The maximum atomic E-state index is 12.1. The molecule has 4 aromatic rings. The van der Waals surface area contributed by atoms with Crippen LogP contribution in [0.25, 0.3) is 28.1 Å². The molecule has 156 valence electrons. The van der Waals surface area contributed by atoms with E-state index in [4.69, 9.17) is 20.3 Å². The number of nitrogen functional groups attached to an aromatic ring is 1. The summed E-state index contributed by atoms with van der Waals surface area (Å²) in [6.45, 7) is 3.38. The Hall–Kier alpha value is -4.06. The summed E-state index contributed by atoms with van der Waals surface area (Å²) in [4.78, 5) is 12.1. The first-order valence-corrected chi connectivity index (χ1v) is 9.85. The highest BCUT2D eigenvalue weighted by Crippen LogP contribution is 2.43. The summed E-state index contributed by atoms with van der Waals surface area (Å²) in [6, 6.07) is 22.9. The van der Waals surface area contributed by atoms with Crippen molar-refractivity contribution in [2.45, 2.75) is 13.8 Å². The predicted octanol–water partition coefficient (Wildman–Crippen LogP) is 5.03. The van der Waals surface area contributed by atoms with Crippen LogP contribution >= 0.6 is 0 Å². The third-order valence-corrected chi connectivity index (χ3v) is 4.89. The number of benzene rings is 3. The minimum atomic E-state index is -0.433. The van der Waals surface area contributed by atoms with Gasteiger partial charge < -0.3 is 15.2 Å². The Labute approximate surface area is 180 Å². The van der Waals surface area contributed by atoms with E-state index in [1.54, 1.807) is 11.8 Å². The first kappa shape index (κ1) is 20.2. The molecule has 1 aromatic heterocycles. The van der Waals surface area contributed by atoms with Crippen molar-refractivity contribution >= 4 is 11.7 Å². The molecule has 0 fully saturated rings. The van der Waals surface area contributed by atoms with Crippen LogP contribution in [0, 0.1) is 6.92 Å². The molecule has 0 unspecified atom stereocenters. The number of hydrogen-bond acceptors (Lipinski definition) is 5. The summed E-state index contributed by atoms with van der Waals surface area (Å²) in [6.07, 6.45) is 0. The van der Waals surface area contributed by atoms with Gasteiger partial charge in [-0.05, 0) is 54.4 Å². The van der Waals surface area contributed by atoms with Gasteiger partial charge in [0.05, 0.1) is 18.4 Å². The van der Waals surface area contributed by atoms with E-state index in [0.29, 0.717) is 28.6 Å². The van der Waals surface area contributed by atoms with Gasteiger partial charge in [0.2, 0.25) is 5.88 Å². The van der Waals surface area contributed by atoms with Gasteiger partial charge in [0.15, 0.2) is 0 Å². The van der Waals surface area contributed by atoms with Crippen molar-refractivity contribution in [3.63, 3.8) is 0 Å². The van der Waals surface area contributed by atoms with Gasteiger partial charge >= 0.3 is 5.97 Å². The summed E-state index contributed by atoms with van der Waals surface area (Å²) >= 11 is 0. The Kier molecular flexibility index (Phi) is 5.45. The van der Waals surface area contributed by atoms with Gasteiger partial charge in [0, 0.05) is 18.2 Å². The predicted molar refractivity (Wildman–Crippen MR) is 121 cm³/mol. The number of ether oxygens (including phenoxy) is 2. The summed E-state index contributed by atoms with van der Waals surface area (Å²) in [5, 5.41) is 4.88. The van der Waals surface area contributed by atoms with Crippen molar-refractivity contribution in [3.8, 4) is 39.7 Å². The second-order valence-electron chi connectivity index (χ2n) is 7.20.